The third kappa shape index (κ3) is 3.58. The molecule has 1 amide bonds. The minimum absolute atomic E-state index is 0.0435. The number of hydrazone groups is 1. The van der Waals surface area contributed by atoms with Crippen LogP contribution in [-0.4, -0.2) is 36.1 Å². The maximum atomic E-state index is 10.9. The lowest BCUT2D eigenvalue weighted by Gasteiger charge is -2.00. The highest BCUT2D eigenvalue weighted by Crippen LogP contribution is 2.20. The number of hydrogen-bond acceptors (Lipinski definition) is 5. The molecule has 0 atom stereocenters. The second-order valence-corrected chi connectivity index (χ2v) is 2.97. The summed E-state index contributed by atoms with van der Waals surface area (Å²) >= 11 is 0. The molecule has 0 heterocycles. The van der Waals surface area contributed by atoms with Crippen LogP contribution in [-0.2, 0) is 9.53 Å². The highest BCUT2D eigenvalue weighted by atomic mass is 16.5. The number of amides is 1. The van der Waals surface area contributed by atoms with Gasteiger partial charge in [0.2, 0.25) is 0 Å². The molecule has 3 N–H and O–H groups in total. The summed E-state index contributed by atoms with van der Waals surface area (Å²) in [6.07, 6.45) is 1.27. The third-order valence-corrected chi connectivity index (χ3v) is 1.68. The summed E-state index contributed by atoms with van der Waals surface area (Å²) < 4.78 is 4.58. The molecule has 0 saturated heterocycles. The van der Waals surface area contributed by atoms with Crippen molar-refractivity contribution in [3.63, 3.8) is 0 Å². The molecule has 0 spiro atoms. The molecular weight excluding hydrogens is 212 g/mol. The number of nitrogens with zero attached hydrogens (tertiary/aromatic N) is 1. The fourth-order valence-corrected chi connectivity index (χ4v) is 0.978. The molecule has 6 nitrogen and oxygen atoms in total. The normalized spacial score (nSPS) is 10.6. The van der Waals surface area contributed by atoms with Crippen LogP contribution in [0.4, 0.5) is 0 Å². The topological polar surface area (TPSA) is 91.2 Å². The molecule has 1 aromatic carbocycles. The van der Waals surface area contributed by atoms with E-state index in [1.807, 2.05) is 0 Å². The van der Waals surface area contributed by atoms with Crippen LogP contribution >= 0.6 is 0 Å². The molecule has 0 fully saturated rings. The van der Waals surface area contributed by atoms with Crippen LogP contribution in [0.15, 0.2) is 23.3 Å². The first-order valence-corrected chi connectivity index (χ1v) is 4.46. The van der Waals surface area contributed by atoms with Gasteiger partial charge in [-0.05, 0) is 12.1 Å². The molecular formula is C10H12N2O4. The van der Waals surface area contributed by atoms with E-state index < -0.39 is 5.91 Å². The van der Waals surface area contributed by atoms with Crippen LogP contribution in [0.1, 0.15) is 5.56 Å². The van der Waals surface area contributed by atoms with E-state index in [1.165, 1.54) is 31.5 Å². The largest absolute Gasteiger partial charge is 0.508 e. The zero-order chi connectivity index (χ0) is 12.0. The van der Waals surface area contributed by atoms with E-state index >= 15 is 0 Å². The number of ether oxygens (including phenoxy) is 1. The molecule has 0 unspecified atom stereocenters. The number of phenols is 2. The van der Waals surface area contributed by atoms with Crippen molar-refractivity contribution in [3.8, 4) is 11.5 Å². The van der Waals surface area contributed by atoms with Gasteiger partial charge in [-0.1, -0.05) is 0 Å². The van der Waals surface area contributed by atoms with Crippen molar-refractivity contribution in [2.75, 3.05) is 13.7 Å². The fraction of sp³-hybridized carbons (Fsp3) is 0.200. The van der Waals surface area contributed by atoms with Crippen LogP contribution < -0.4 is 5.43 Å². The minimum Gasteiger partial charge on any atom is -0.508 e. The maximum Gasteiger partial charge on any atom is 0.266 e. The third-order valence-electron chi connectivity index (χ3n) is 1.68. The molecule has 0 aliphatic carbocycles. The zero-order valence-electron chi connectivity index (χ0n) is 8.67. The average molecular weight is 224 g/mol. The van der Waals surface area contributed by atoms with E-state index in [4.69, 9.17) is 5.11 Å². The number of aromatic hydroxyl groups is 2. The first-order chi connectivity index (χ1) is 7.63. The van der Waals surface area contributed by atoms with Gasteiger partial charge in [0.25, 0.3) is 5.91 Å². The summed E-state index contributed by atoms with van der Waals surface area (Å²) in [6.45, 7) is -0.0844. The summed E-state index contributed by atoms with van der Waals surface area (Å²) in [5, 5.41) is 22.0. The monoisotopic (exact) mass is 224 g/mol. The Morgan fingerprint density at radius 3 is 2.94 bits per heavy atom. The SMILES string of the molecule is COCC(=O)NN=Cc1ccc(O)cc1O. The Balaban J connectivity index is 2.59. The number of carbonyl (C=O) groups excluding carboxylic acids is 1. The number of carbonyl (C=O) groups is 1. The van der Waals surface area contributed by atoms with Crippen LogP contribution in [0.5, 0.6) is 11.5 Å². The molecule has 0 aromatic heterocycles. The van der Waals surface area contributed by atoms with Gasteiger partial charge in [-0.2, -0.15) is 5.10 Å². The number of phenolic OH excluding ortho intramolecular Hbond substituents is 2. The van der Waals surface area contributed by atoms with E-state index in [1.54, 1.807) is 0 Å². The van der Waals surface area contributed by atoms with Gasteiger partial charge in [-0.3, -0.25) is 4.79 Å². The number of hydrogen-bond donors (Lipinski definition) is 3. The quantitative estimate of drug-likeness (QED) is 0.503. The molecule has 0 aliphatic rings. The van der Waals surface area contributed by atoms with Crippen LogP contribution in [0.25, 0.3) is 0 Å². The second-order valence-electron chi connectivity index (χ2n) is 2.97. The molecule has 86 valence electrons. The molecule has 1 aromatic rings. The van der Waals surface area contributed by atoms with Gasteiger partial charge >= 0.3 is 0 Å². The lowest BCUT2D eigenvalue weighted by molar-refractivity contribution is -0.124. The molecule has 6 heteroatoms. The van der Waals surface area contributed by atoms with E-state index in [2.05, 4.69) is 15.3 Å². The molecule has 16 heavy (non-hydrogen) atoms. The van der Waals surface area contributed by atoms with Crippen LogP contribution in [0, 0.1) is 0 Å². The van der Waals surface area contributed by atoms with E-state index in [9.17, 15) is 9.90 Å². The molecule has 1 rings (SSSR count). The van der Waals surface area contributed by atoms with Crippen molar-refractivity contribution < 1.29 is 19.7 Å². The molecule has 0 aliphatic heterocycles. The Morgan fingerprint density at radius 1 is 1.56 bits per heavy atom. The summed E-state index contributed by atoms with van der Waals surface area (Å²) in [4.78, 5) is 10.9. The Kier molecular flexibility index (Phi) is 4.28. The van der Waals surface area contributed by atoms with Crippen molar-refractivity contribution in [2.24, 2.45) is 5.10 Å². The van der Waals surface area contributed by atoms with Gasteiger partial charge in [-0.25, -0.2) is 5.43 Å². The summed E-state index contributed by atoms with van der Waals surface area (Å²) in [7, 11) is 1.40. The van der Waals surface area contributed by atoms with Gasteiger partial charge in [0.1, 0.15) is 18.1 Å². The molecule has 0 saturated carbocycles. The van der Waals surface area contributed by atoms with E-state index in [0.717, 1.165) is 0 Å². The number of rotatable bonds is 4. The number of nitrogens with one attached hydrogen (secondary N) is 1. The minimum atomic E-state index is -0.392. The zero-order valence-corrected chi connectivity index (χ0v) is 8.67. The van der Waals surface area contributed by atoms with Gasteiger partial charge in [0.05, 0.1) is 6.21 Å². The van der Waals surface area contributed by atoms with Crippen molar-refractivity contribution in [1.29, 1.82) is 0 Å². The highest BCUT2D eigenvalue weighted by Gasteiger charge is 2.00. The summed E-state index contributed by atoms with van der Waals surface area (Å²) in [6, 6.07) is 4.05. The highest BCUT2D eigenvalue weighted by molar-refractivity contribution is 5.85. The lowest BCUT2D eigenvalue weighted by atomic mass is 10.2. The predicted molar refractivity (Wildman–Crippen MR) is 57.4 cm³/mol. The fourth-order valence-electron chi connectivity index (χ4n) is 0.978. The van der Waals surface area contributed by atoms with Gasteiger partial charge < -0.3 is 14.9 Å². The smallest absolute Gasteiger partial charge is 0.266 e. The average Bonchev–Trinajstić information content (AvgIpc) is 2.22. The lowest BCUT2D eigenvalue weighted by Crippen LogP contribution is -2.22. The number of methoxy groups -OCH3 is 1. The Hall–Kier alpha value is -2.08. The molecule has 0 radical (unpaired) electrons. The van der Waals surface area contributed by atoms with Crippen molar-refractivity contribution in [2.45, 2.75) is 0 Å². The predicted octanol–water partition coefficient (Wildman–Crippen LogP) is 0.194. The van der Waals surface area contributed by atoms with Crippen LogP contribution in [0.3, 0.4) is 0 Å². The van der Waals surface area contributed by atoms with E-state index in [-0.39, 0.29) is 18.1 Å². The Morgan fingerprint density at radius 2 is 2.31 bits per heavy atom. The Labute approximate surface area is 92.2 Å². The van der Waals surface area contributed by atoms with Gasteiger partial charge in [0, 0.05) is 18.7 Å². The Bertz CT molecular complexity index is 404. The maximum absolute atomic E-state index is 10.9. The second kappa shape index (κ2) is 5.72. The first kappa shape index (κ1) is 12.0. The first-order valence-electron chi connectivity index (χ1n) is 4.46. The van der Waals surface area contributed by atoms with E-state index in [0.29, 0.717) is 5.56 Å². The van der Waals surface area contributed by atoms with Crippen molar-refractivity contribution >= 4 is 12.1 Å². The molecule has 0 bridgehead atoms. The summed E-state index contributed by atoms with van der Waals surface area (Å²) in [5.41, 5.74) is 2.59. The van der Waals surface area contributed by atoms with Gasteiger partial charge in [0.15, 0.2) is 0 Å². The van der Waals surface area contributed by atoms with Crippen molar-refractivity contribution in [1.82, 2.24) is 5.43 Å². The van der Waals surface area contributed by atoms with Crippen LogP contribution in [0.2, 0.25) is 0 Å². The standard InChI is InChI=1S/C10H12N2O4/c1-16-6-10(15)12-11-5-7-2-3-8(13)4-9(7)14/h2-5,13-14H,6H2,1H3,(H,12,15). The van der Waals surface area contributed by atoms with Gasteiger partial charge in [-0.15, -0.1) is 0 Å². The number of benzene rings is 1. The van der Waals surface area contributed by atoms with Crippen molar-refractivity contribution in [3.05, 3.63) is 23.8 Å². The summed E-state index contributed by atoms with van der Waals surface area (Å²) in [5.74, 6) is -0.556.